The van der Waals surface area contributed by atoms with Crippen LogP contribution in [0.5, 0.6) is 0 Å². The molecular weight excluding hydrogens is 1070 g/mol. The van der Waals surface area contributed by atoms with Crippen LogP contribution in [0.2, 0.25) is 0 Å². The Balaban J connectivity index is 1.56. The number of hydrogen-bond donors (Lipinski definition) is 9. The zero-order valence-electron chi connectivity index (χ0n) is 53.3. The van der Waals surface area contributed by atoms with Crippen LogP contribution in [-0.4, -0.2) is 140 Å². The van der Waals surface area contributed by atoms with Crippen LogP contribution < -0.4 is 5.32 Å². The summed E-state index contributed by atoms with van der Waals surface area (Å²) in [5.74, 6) is -0.249. The van der Waals surface area contributed by atoms with Gasteiger partial charge in [-0.05, 0) is 77.0 Å². The van der Waals surface area contributed by atoms with E-state index in [1.807, 2.05) is 6.08 Å². The highest BCUT2D eigenvalue weighted by Crippen LogP contribution is 2.30. The van der Waals surface area contributed by atoms with Crippen LogP contribution in [0.25, 0.3) is 0 Å². The number of nitrogens with one attached hydrogen (secondary N) is 1. The summed E-state index contributed by atoms with van der Waals surface area (Å²) in [4.78, 5) is 13.3. The van der Waals surface area contributed by atoms with Gasteiger partial charge in [-0.3, -0.25) is 4.79 Å². The Morgan fingerprint density at radius 1 is 0.435 bits per heavy atom. The molecule has 2 aliphatic heterocycles. The van der Waals surface area contributed by atoms with Crippen molar-refractivity contribution in [3.8, 4) is 0 Å². The predicted octanol–water partition coefficient (Wildman–Crippen LogP) is 13.6. The van der Waals surface area contributed by atoms with E-state index in [4.69, 9.17) is 18.9 Å². The first-order chi connectivity index (χ1) is 41.6. The number of allylic oxidation sites excluding steroid dienone is 13. The van der Waals surface area contributed by atoms with Gasteiger partial charge in [0.1, 0.15) is 48.8 Å². The third-order valence-corrected chi connectivity index (χ3v) is 16.3. The second-order valence-electron chi connectivity index (χ2n) is 23.9. The number of rotatable bonds is 55. The molecule has 0 aliphatic carbocycles. The summed E-state index contributed by atoms with van der Waals surface area (Å²) < 4.78 is 22.8. The van der Waals surface area contributed by atoms with E-state index in [2.05, 4.69) is 92.1 Å². The molecule has 14 nitrogen and oxygen atoms in total. The van der Waals surface area contributed by atoms with Gasteiger partial charge in [0.2, 0.25) is 5.91 Å². The molecule has 9 N–H and O–H groups in total. The molecule has 0 bridgehead atoms. The predicted molar refractivity (Wildman–Crippen MR) is 346 cm³/mol. The van der Waals surface area contributed by atoms with Crippen LogP contribution in [0.15, 0.2) is 85.1 Å². The lowest BCUT2D eigenvalue weighted by Gasteiger charge is -2.46. The molecule has 14 heteroatoms. The van der Waals surface area contributed by atoms with Gasteiger partial charge in [0.15, 0.2) is 12.6 Å². The Morgan fingerprint density at radius 3 is 1.29 bits per heavy atom. The summed E-state index contributed by atoms with van der Waals surface area (Å²) in [6, 6.07) is -0.932. The average Bonchev–Trinajstić information content (AvgIpc) is 3.60. The van der Waals surface area contributed by atoms with E-state index in [1.54, 1.807) is 6.08 Å². The van der Waals surface area contributed by atoms with Crippen molar-refractivity contribution in [2.45, 2.75) is 338 Å². The fraction of sp³-hybridized carbons (Fsp3) is 0.789. The van der Waals surface area contributed by atoms with Crippen molar-refractivity contribution in [3.63, 3.8) is 0 Å². The number of unbranched alkanes of at least 4 members (excludes halogenated alkanes) is 30. The molecule has 0 saturated carbocycles. The minimum absolute atomic E-state index is 0.249. The summed E-state index contributed by atoms with van der Waals surface area (Å²) in [6.45, 7) is 2.65. The Labute approximate surface area is 516 Å². The van der Waals surface area contributed by atoms with Crippen LogP contribution in [0.3, 0.4) is 0 Å². The lowest BCUT2D eigenvalue weighted by Crippen LogP contribution is -2.65. The fourth-order valence-corrected chi connectivity index (χ4v) is 10.9. The van der Waals surface area contributed by atoms with Crippen LogP contribution in [-0.2, 0) is 23.7 Å². The van der Waals surface area contributed by atoms with Crippen molar-refractivity contribution in [2.75, 3.05) is 19.8 Å². The maximum atomic E-state index is 13.3. The van der Waals surface area contributed by atoms with E-state index in [-0.39, 0.29) is 18.9 Å². The molecule has 0 spiro atoms. The summed E-state index contributed by atoms with van der Waals surface area (Å²) in [7, 11) is 0. The minimum atomic E-state index is -1.79. The smallest absolute Gasteiger partial charge is 0.220 e. The third-order valence-electron chi connectivity index (χ3n) is 16.3. The van der Waals surface area contributed by atoms with Crippen LogP contribution in [0.4, 0.5) is 0 Å². The van der Waals surface area contributed by atoms with Gasteiger partial charge in [-0.15, -0.1) is 0 Å². The molecule has 2 aliphatic rings. The van der Waals surface area contributed by atoms with Crippen molar-refractivity contribution in [2.24, 2.45) is 0 Å². The van der Waals surface area contributed by atoms with Gasteiger partial charge in [-0.2, -0.15) is 0 Å². The zero-order valence-corrected chi connectivity index (χ0v) is 53.3. The molecule has 12 unspecified atom stereocenters. The summed E-state index contributed by atoms with van der Waals surface area (Å²) >= 11 is 0. The van der Waals surface area contributed by atoms with Gasteiger partial charge in [0.05, 0.1) is 32.0 Å². The molecule has 85 heavy (non-hydrogen) atoms. The molecule has 12 atom stereocenters. The topological polar surface area (TPSA) is 228 Å². The largest absolute Gasteiger partial charge is 0.394 e. The van der Waals surface area contributed by atoms with Gasteiger partial charge >= 0.3 is 0 Å². The van der Waals surface area contributed by atoms with Crippen molar-refractivity contribution in [1.29, 1.82) is 0 Å². The van der Waals surface area contributed by atoms with Crippen molar-refractivity contribution in [1.82, 2.24) is 5.32 Å². The van der Waals surface area contributed by atoms with Gasteiger partial charge in [0, 0.05) is 6.42 Å². The maximum Gasteiger partial charge on any atom is 0.220 e. The zero-order chi connectivity index (χ0) is 61.6. The summed E-state index contributed by atoms with van der Waals surface area (Å²) in [5.41, 5.74) is 0. The van der Waals surface area contributed by atoms with E-state index in [1.165, 1.54) is 167 Å². The molecule has 0 aromatic carbocycles. The first-order valence-electron chi connectivity index (χ1n) is 34.3. The molecule has 0 radical (unpaired) electrons. The van der Waals surface area contributed by atoms with E-state index < -0.39 is 86.8 Å². The van der Waals surface area contributed by atoms with Gasteiger partial charge in [-0.1, -0.05) is 266 Å². The highest BCUT2D eigenvalue weighted by Gasteiger charge is 2.51. The maximum absolute atomic E-state index is 13.3. The molecule has 0 aromatic heterocycles. The highest BCUT2D eigenvalue weighted by molar-refractivity contribution is 5.76. The Hall–Kier alpha value is -2.83. The summed E-state index contributed by atoms with van der Waals surface area (Å²) in [5, 5.41) is 87.1. The lowest BCUT2D eigenvalue weighted by atomic mass is 9.97. The third kappa shape index (κ3) is 39.7. The van der Waals surface area contributed by atoms with Crippen LogP contribution >= 0.6 is 0 Å². The first kappa shape index (κ1) is 78.3. The number of carbonyl (C=O) groups is 1. The molecule has 492 valence electrons. The number of hydrogen-bond acceptors (Lipinski definition) is 13. The van der Waals surface area contributed by atoms with Crippen LogP contribution in [0, 0.1) is 0 Å². The fourth-order valence-electron chi connectivity index (χ4n) is 10.9. The normalized spacial score (nSPS) is 24.1. The average molecular weight is 1200 g/mol. The molecule has 2 heterocycles. The summed E-state index contributed by atoms with van der Waals surface area (Å²) in [6.07, 6.45) is 59.6. The number of aliphatic hydroxyl groups excluding tert-OH is 8. The molecule has 2 saturated heterocycles. The lowest BCUT2D eigenvalue weighted by molar-refractivity contribution is -0.359. The van der Waals surface area contributed by atoms with E-state index in [0.717, 1.165) is 64.2 Å². The van der Waals surface area contributed by atoms with E-state index in [9.17, 15) is 45.6 Å². The Kier molecular flexibility index (Phi) is 50.9. The monoisotopic (exact) mass is 1200 g/mol. The number of carbonyl (C=O) groups excluding carboxylic acids is 1. The standard InChI is InChI=1S/C71H125NO13/c1-3-5-7-9-11-13-15-17-18-19-20-21-22-23-24-25-26-27-28-29-30-31-32-33-34-35-36-37-38-39-40-41-42-43-45-47-49-51-53-55-63(76)72-59(60(75)54-52-50-48-46-44-16-14-12-10-8-6-4-2)58-82-70-68(81)66(79)69(62(57-74)84-70)85-71-67(80)65(78)64(77)61(56-73)83-71/h5,7,11,13,17-18,20-21,23-24,44,46,52,54,59-62,64-71,73-75,77-81H,3-4,6,8-10,12,14-16,19,22,25-43,45,47-51,53,55-58H2,1-2H3,(H,72,76)/b7-5-,13-11-,18-17-,21-20-,24-23-,46-44+,54-52+. The molecule has 2 rings (SSSR count). The Morgan fingerprint density at radius 2 is 0.824 bits per heavy atom. The van der Waals surface area contributed by atoms with E-state index >= 15 is 0 Å². The molecular formula is C71H125NO13. The Bertz CT molecular complexity index is 1750. The van der Waals surface area contributed by atoms with Gasteiger partial charge < -0.3 is 65.1 Å². The quantitative estimate of drug-likeness (QED) is 0.0204. The van der Waals surface area contributed by atoms with Crippen molar-refractivity contribution >= 4 is 5.91 Å². The first-order valence-corrected chi connectivity index (χ1v) is 34.3. The molecule has 1 amide bonds. The number of amides is 1. The minimum Gasteiger partial charge on any atom is -0.394 e. The number of aliphatic hydroxyl groups is 8. The van der Waals surface area contributed by atoms with Crippen LogP contribution in [0.1, 0.15) is 264 Å². The SMILES string of the molecule is CC/C=C\C/C=C\C/C=C\C/C=C\C/C=C\CCCCCCCCCCCCCCCCCCCCCCCCCC(=O)NC(COC1OC(CO)C(OC2OC(CO)C(O)C(O)C2O)C(O)C1O)C(O)/C=C/CC/C=C/CCCCCCCC. The second-order valence-corrected chi connectivity index (χ2v) is 23.9. The molecule has 0 aromatic rings. The molecule has 2 fully saturated rings. The van der Waals surface area contributed by atoms with E-state index in [0.29, 0.717) is 12.8 Å². The highest BCUT2D eigenvalue weighted by atomic mass is 16.7. The second kappa shape index (κ2) is 55.3. The number of ether oxygens (including phenoxy) is 4. The van der Waals surface area contributed by atoms with Crippen molar-refractivity contribution in [3.05, 3.63) is 85.1 Å². The van der Waals surface area contributed by atoms with Gasteiger partial charge in [-0.25, -0.2) is 0 Å². The van der Waals surface area contributed by atoms with Gasteiger partial charge in [0.25, 0.3) is 0 Å². The van der Waals surface area contributed by atoms with Crippen molar-refractivity contribution < 1.29 is 64.6 Å².